The van der Waals surface area contributed by atoms with Crippen molar-refractivity contribution < 1.29 is 14.3 Å². The molecule has 0 aliphatic heterocycles. The first-order valence-electron chi connectivity index (χ1n) is 11.3. The third kappa shape index (κ3) is 6.58. The highest BCUT2D eigenvalue weighted by atomic mass is 16.5. The third-order valence-corrected chi connectivity index (χ3v) is 5.91. The van der Waals surface area contributed by atoms with Crippen LogP contribution in [0.15, 0.2) is 48.5 Å². The summed E-state index contributed by atoms with van der Waals surface area (Å²) in [6.45, 7) is 6.28. The number of hydrogen-bond donors (Lipinski definition) is 1. The van der Waals surface area contributed by atoms with E-state index in [0.717, 1.165) is 42.4 Å². The number of nitrogens with one attached hydrogen (secondary N) is 1. The molecule has 1 aliphatic carbocycles. The number of amides is 2. The summed E-state index contributed by atoms with van der Waals surface area (Å²) in [4.78, 5) is 28.0. The average molecular weight is 423 g/mol. The highest BCUT2D eigenvalue weighted by Gasteiger charge is 2.30. The van der Waals surface area contributed by atoms with E-state index in [-0.39, 0.29) is 24.5 Å². The summed E-state index contributed by atoms with van der Waals surface area (Å²) in [5.41, 5.74) is 3.27. The quantitative estimate of drug-likeness (QED) is 0.645. The van der Waals surface area contributed by atoms with E-state index in [2.05, 4.69) is 11.4 Å². The number of carbonyl (C=O) groups excluding carboxylic acids is 2. The Labute approximate surface area is 185 Å². The second-order valence-corrected chi connectivity index (χ2v) is 8.53. The van der Waals surface area contributed by atoms with Crippen LogP contribution in [0.5, 0.6) is 5.75 Å². The van der Waals surface area contributed by atoms with Crippen molar-refractivity contribution in [1.29, 1.82) is 0 Å². The second-order valence-electron chi connectivity index (χ2n) is 8.53. The van der Waals surface area contributed by atoms with Gasteiger partial charge in [0.1, 0.15) is 11.8 Å². The second kappa shape index (κ2) is 11.0. The molecule has 31 heavy (non-hydrogen) atoms. The topological polar surface area (TPSA) is 58.6 Å². The largest absolute Gasteiger partial charge is 0.484 e. The molecule has 0 spiro atoms. The Balaban J connectivity index is 1.75. The van der Waals surface area contributed by atoms with Gasteiger partial charge in [0.25, 0.3) is 5.91 Å². The van der Waals surface area contributed by atoms with Gasteiger partial charge in [-0.3, -0.25) is 9.59 Å². The fraction of sp³-hybridized carbons (Fsp3) is 0.462. The van der Waals surface area contributed by atoms with Crippen LogP contribution in [-0.4, -0.2) is 35.4 Å². The van der Waals surface area contributed by atoms with Gasteiger partial charge in [0.15, 0.2) is 6.61 Å². The van der Waals surface area contributed by atoms with Crippen LogP contribution in [0, 0.1) is 13.8 Å². The standard InChI is InChI=1S/C26H34N2O3/c1-4-24(26(30)27-22-10-5-6-11-22)28(17-21-9-7-8-20(3)16-21)25(29)18-31-23-14-12-19(2)13-15-23/h7-9,12-16,22,24H,4-6,10-11,17-18H2,1-3H3,(H,27,30). The first-order chi connectivity index (χ1) is 15.0. The summed E-state index contributed by atoms with van der Waals surface area (Å²) in [6.07, 6.45) is 4.89. The molecule has 1 fully saturated rings. The Bertz CT molecular complexity index is 872. The number of nitrogens with zero attached hydrogens (tertiary/aromatic N) is 1. The van der Waals surface area contributed by atoms with E-state index in [0.29, 0.717) is 18.7 Å². The minimum atomic E-state index is -0.518. The van der Waals surface area contributed by atoms with Gasteiger partial charge in [0, 0.05) is 12.6 Å². The Hall–Kier alpha value is -2.82. The van der Waals surface area contributed by atoms with Gasteiger partial charge >= 0.3 is 0 Å². The number of rotatable bonds is 9. The van der Waals surface area contributed by atoms with E-state index in [1.165, 1.54) is 0 Å². The van der Waals surface area contributed by atoms with Gasteiger partial charge in [0.2, 0.25) is 5.91 Å². The van der Waals surface area contributed by atoms with E-state index < -0.39 is 6.04 Å². The first-order valence-corrected chi connectivity index (χ1v) is 11.3. The predicted octanol–water partition coefficient (Wildman–Crippen LogP) is 4.55. The van der Waals surface area contributed by atoms with Gasteiger partial charge in [-0.05, 0) is 50.8 Å². The van der Waals surface area contributed by atoms with Crippen LogP contribution in [0.1, 0.15) is 55.7 Å². The molecular weight excluding hydrogens is 388 g/mol. The van der Waals surface area contributed by atoms with E-state index in [1.54, 1.807) is 4.90 Å². The third-order valence-electron chi connectivity index (χ3n) is 5.91. The van der Waals surface area contributed by atoms with Crippen LogP contribution in [0.4, 0.5) is 0 Å². The van der Waals surface area contributed by atoms with Crippen LogP contribution < -0.4 is 10.1 Å². The average Bonchev–Trinajstić information content (AvgIpc) is 3.26. The SMILES string of the molecule is CCC(C(=O)NC1CCCC1)N(Cc1cccc(C)c1)C(=O)COc1ccc(C)cc1. The molecule has 0 bridgehead atoms. The van der Waals surface area contributed by atoms with E-state index in [1.807, 2.05) is 63.2 Å². The van der Waals surface area contributed by atoms with E-state index >= 15 is 0 Å². The molecule has 166 valence electrons. The molecule has 1 unspecified atom stereocenters. The lowest BCUT2D eigenvalue weighted by atomic mass is 10.1. The van der Waals surface area contributed by atoms with Crippen molar-refractivity contribution in [2.45, 2.75) is 71.5 Å². The van der Waals surface area contributed by atoms with Gasteiger partial charge in [-0.2, -0.15) is 0 Å². The molecule has 1 aliphatic rings. The van der Waals surface area contributed by atoms with Gasteiger partial charge in [0.05, 0.1) is 0 Å². The number of carbonyl (C=O) groups is 2. The first kappa shape index (κ1) is 22.9. The van der Waals surface area contributed by atoms with Crippen molar-refractivity contribution >= 4 is 11.8 Å². The monoisotopic (exact) mass is 422 g/mol. The van der Waals surface area contributed by atoms with Gasteiger partial charge in [-0.25, -0.2) is 0 Å². The molecule has 0 heterocycles. The Morgan fingerprint density at radius 1 is 1.06 bits per heavy atom. The Morgan fingerprint density at radius 2 is 1.77 bits per heavy atom. The highest BCUT2D eigenvalue weighted by Crippen LogP contribution is 2.20. The number of benzene rings is 2. The van der Waals surface area contributed by atoms with E-state index in [4.69, 9.17) is 4.74 Å². The smallest absolute Gasteiger partial charge is 0.261 e. The summed E-state index contributed by atoms with van der Waals surface area (Å²) in [6, 6.07) is 15.4. The van der Waals surface area contributed by atoms with Crippen molar-refractivity contribution in [2.24, 2.45) is 0 Å². The molecule has 5 heteroatoms. The van der Waals surface area contributed by atoms with Crippen molar-refractivity contribution in [3.8, 4) is 5.75 Å². The zero-order chi connectivity index (χ0) is 22.2. The van der Waals surface area contributed by atoms with Gasteiger partial charge in [-0.1, -0.05) is 67.3 Å². The van der Waals surface area contributed by atoms with Crippen molar-refractivity contribution in [3.05, 3.63) is 65.2 Å². The van der Waals surface area contributed by atoms with E-state index in [9.17, 15) is 9.59 Å². The lowest BCUT2D eigenvalue weighted by Crippen LogP contribution is -2.52. The molecule has 0 radical (unpaired) electrons. The Morgan fingerprint density at radius 3 is 2.42 bits per heavy atom. The normalized spacial score (nSPS) is 14.8. The maximum atomic E-state index is 13.2. The minimum Gasteiger partial charge on any atom is -0.484 e. The lowest BCUT2D eigenvalue weighted by molar-refractivity contribution is -0.143. The molecule has 1 N–H and O–H groups in total. The molecule has 0 aromatic heterocycles. The van der Waals surface area contributed by atoms with Crippen molar-refractivity contribution in [3.63, 3.8) is 0 Å². The maximum absolute atomic E-state index is 13.2. The van der Waals surface area contributed by atoms with Crippen LogP contribution in [0.3, 0.4) is 0 Å². The van der Waals surface area contributed by atoms with Crippen molar-refractivity contribution in [2.75, 3.05) is 6.61 Å². The molecule has 0 saturated heterocycles. The van der Waals surface area contributed by atoms with Crippen LogP contribution in [0.2, 0.25) is 0 Å². The molecule has 2 amide bonds. The fourth-order valence-electron chi connectivity index (χ4n) is 4.16. The molecule has 1 saturated carbocycles. The summed E-state index contributed by atoms with van der Waals surface area (Å²) in [7, 11) is 0. The van der Waals surface area contributed by atoms with Crippen LogP contribution in [-0.2, 0) is 16.1 Å². The zero-order valence-electron chi connectivity index (χ0n) is 18.9. The van der Waals surface area contributed by atoms with Crippen molar-refractivity contribution in [1.82, 2.24) is 10.2 Å². The summed E-state index contributed by atoms with van der Waals surface area (Å²) in [5.74, 6) is 0.402. The number of ether oxygens (including phenoxy) is 1. The number of hydrogen-bond acceptors (Lipinski definition) is 3. The lowest BCUT2D eigenvalue weighted by Gasteiger charge is -2.31. The van der Waals surface area contributed by atoms with Crippen LogP contribution >= 0.6 is 0 Å². The van der Waals surface area contributed by atoms with Gasteiger partial charge in [-0.15, -0.1) is 0 Å². The predicted molar refractivity (Wildman–Crippen MR) is 123 cm³/mol. The Kier molecular flexibility index (Phi) is 8.10. The van der Waals surface area contributed by atoms with Crippen LogP contribution in [0.25, 0.3) is 0 Å². The summed E-state index contributed by atoms with van der Waals surface area (Å²) in [5, 5.41) is 3.17. The molecule has 2 aromatic rings. The highest BCUT2D eigenvalue weighted by molar-refractivity contribution is 5.88. The molecule has 2 aromatic carbocycles. The number of aryl methyl sites for hydroxylation is 2. The molecular formula is C26H34N2O3. The summed E-state index contributed by atoms with van der Waals surface area (Å²) < 4.78 is 5.75. The summed E-state index contributed by atoms with van der Waals surface area (Å²) >= 11 is 0. The maximum Gasteiger partial charge on any atom is 0.261 e. The zero-order valence-corrected chi connectivity index (χ0v) is 18.9. The van der Waals surface area contributed by atoms with Gasteiger partial charge < -0.3 is 15.0 Å². The fourth-order valence-corrected chi connectivity index (χ4v) is 4.16. The molecule has 3 rings (SSSR count). The molecule has 5 nitrogen and oxygen atoms in total. The molecule has 1 atom stereocenters. The minimum absolute atomic E-state index is 0.0641.